The molecule has 0 radical (unpaired) electrons. The second-order valence-corrected chi connectivity index (χ2v) is 9.87. The highest BCUT2D eigenvalue weighted by molar-refractivity contribution is 5.91. The molecule has 0 unspecified atom stereocenters. The van der Waals surface area contributed by atoms with E-state index in [0.29, 0.717) is 28.7 Å². The summed E-state index contributed by atoms with van der Waals surface area (Å²) in [6.45, 7) is 7.17. The minimum atomic E-state index is -0.616. The zero-order valence-electron chi connectivity index (χ0n) is 22.6. The van der Waals surface area contributed by atoms with Gasteiger partial charge >= 0.3 is 6.09 Å². The van der Waals surface area contributed by atoms with Crippen LogP contribution in [0, 0.1) is 0 Å². The number of ether oxygens (including phenoxy) is 1. The third-order valence-electron chi connectivity index (χ3n) is 5.37. The Hall–Kier alpha value is -4.93. The van der Waals surface area contributed by atoms with Crippen molar-refractivity contribution in [2.45, 2.75) is 39.8 Å². The van der Waals surface area contributed by atoms with E-state index in [1.807, 2.05) is 49.6 Å². The second kappa shape index (κ2) is 11.6. The molecular formula is C28H32N8O3. The van der Waals surface area contributed by atoms with Crippen molar-refractivity contribution in [1.29, 1.82) is 0 Å². The van der Waals surface area contributed by atoms with Gasteiger partial charge in [-0.3, -0.25) is 14.8 Å². The number of hydrogen-bond donors (Lipinski definition) is 3. The van der Waals surface area contributed by atoms with Crippen molar-refractivity contribution in [1.82, 2.24) is 19.7 Å². The quantitative estimate of drug-likeness (QED) is 0.270. The Labute approximate surface area is 227 Å². The lowest BCUT2D eigenvalue weighted by Gasteiger charge is -2.23. The summed E-state index contributed by atoms with van der Waals surface area (Å²) in [6.07, 6.45) is 4.60. The molecule has 2 amide bonds. The molecule has 39 heavy (non-hydrogen) atoms. The van der Waals surface area contributed by atoms with E-state index in [4.69, 9.17) is 9.72 Å². The van der Waals surface area contributed by atoms with Gasteiger partial charge in [0, 0.05) is 49.0 Å². The van der Waals surface area contributed by atoms with Crippen molar-refractivity contribution in [3.63, 3.8) is 0 Å². The first-order valence-corrected chi connectivity index (χ1v) is 12.4. The predicted octanol–water partition coefficient (Wildman–Crippen LogP) is 5.60. The summed E-state index contributed by atoms with van der Waals surface area (Å²) >= 11 is 0. The van der Waals surface area contributed by atoms with Gasteiger partial charge in [-0.1, -0.05) is 24.3 Å². The summed E-state index contributed by atoms with van der Waals surface area (Å²) in [6, 6.07) is 16.6. The maximum atomic E-state index is 12.6. The normalized spacial score (nSPS) is 11.0. The molecule has 0 fully saturated rings. The Bertz CT molecular complexity index is 1450. The number of carbonyl (C=O) groups excluding carboxylic acids is 2. The monoisotopic (exact) mass is 528 g/mol. The highest BCUT2D eigenvalue weighted by Gasteiger charge is 2.18. The molecular weight excluding hydrogens is 496 g/mol. The van der Waals surface area contributed by atoms with Crippen LogP contribution in [-0.2, 0) is 23.1 Å². The first-order valence-electron chi connectivity index (χ1n) is 12.4. The van der Waals surface area contributed by atoms with E-state index < -0.39 is 11.7 Å². The Morgan fingerprint density at radius 3 is 2.38 bits per heavy atom. The van der Waals surface area contributed by atoms with Gasteiger partial charge in [0.2, 0.25) is 11.9 Å². The highest BCUT2D eigenvalue weighted by atomic mass is 16.6. The molecule has 0 aliphatic rings. The number of rotatable bonds is 8. The van der Waals surface area contributed by atoms with Crippen LogP contribution in [0.5, 0.6) is 0 Å². The molecule has 0 saturated carbocycles. The highest BCUT2D eigenvalue weighted by Crippen LogP contribution is 2.26. The van der Waals surface area contributed by atoms with Crippen LogP contribution in [0.25, 0.3) is 0 Å². The predicted molar refractivity (Wildman–Crippen MR) is 151 cm³/mol. The molecule has 2 heterocycles. The Morgan fingerprint density at radius 2 is 1.72 bits per heavy atom. The molecule has 11 heteroatoms. The van der Waals surface area contributed by atoms with E-state index in [2.05, 4.69) is 26.0 Å². The number of anilines is 6. The zero-order valence-corrected chi connectivity index (χ0v) is 22.6. The summed E-state index contributed by atoms with van der Waals surface area (Å²) in [4.78, 5) is 35.7. The molecule has 0 saturated heterocycles. The number of nitrogens with zero attached hydrogens (tertiary/aromatic N) is 5. The molecule has 0 bridgehead atoms. The fourth-order valence-electron chi connectivity index (χ4n) is 3.70. The molecule has 4 rings (SSSR count). The van der Waals surface area contributed by atoms with Gasteiger partial charge in [0.05, 0.1) is 18.4 Å². The third-order valence-corrected chi connectivity index (χ3v) is 5.37. The van der Waals surface area contributed by atoms with Crippen LogP contribution in [-0.4, -0.2) is 37.3 Å². The average Bonchev–Trinajstić information content (AvgIpc) is 3.27. The number of para-hydroxylation sites is 1. The van der Waals surface area contributed by atoms with Crippen LogP contribution in [0.2, 0.25) is 0 Å². The lowest BCUT2D eigenvalue weighted by atomic mass is 10.2. The summed E-state index contributed by atoms with van der Waals surface area (Å²) < 4.78 is 7.03. The van der Waals surface area contributed by atoms with Crippen molar-refractivity contribution >= 4 is 46.5 Å². The Kier molecular flexibility index (Phi) is 8.09. The SMILES string of the molecule is CC(=O)N(Cc1cnc(Nc2cnn(C)c2)nc1Nc1cccc(NC(=O)OC(C)(C)C)c1)c1ccccc1. The summed E-state index contributed by atoms with van der Waals surface area (Å²) in [7, 11) is 1.82. The molecule has 0 spiro atoms. The van der Waals surface area contributed by atoms with E-state index in [-0.39, 0.29) is 12.5 Å². The van der Waals surface area contributed by atoms with Gasteiger partial charge in [-0.15, -0.1) is 0 Å². The van der Waals surface area contributed by atoms with Gasteiger partial charge in [-0.25, -0.2) is 9.78 Å². The molecule has 2 aromatic heterocycles. The van der Waals surface area contributed by atoms with Crippen molar-refractivity contribution in [3.8, 4) is 0 Å². The molecule has 0 aliphatic heterocycles. The number of amides is 2. The molecule has 2 aromatic carbocycles. The van der Waals surface area contributed by atoms with E-state index in [1.165, 1.54) is 6.92 Å². The van der Waals surface area contributed by atoms with E-state index in [0.717, 1.165) is 11.4 Å². The van der Waals surface area contributed by atoms with Gasteiger partial charge in [-0.05, 0) is 51.1 Å². The second-order valence-electron chi connectivity index (χ2n) is 9.87. The van der Waals surface area contributed by atoms with Crippen LogP contribution < -0.4 is 20.9 Å². The first kappa shape index (κ1) is 27.1. The third kappa shape index (κ3) is 7.78. The number of aromatic nitrogens is 4. The molecule has 11 nitrogen and oxygen atoms in total. The average molecular weight is 529 g/mol. The van der Waals surface area contributed by atoms with Crippen LogP contribution in [0.3, 0.4) is 0 Å². The van der Waals surface area contributed by atoms with Crippen LogP contribution in [0.4, 0.5) is 39.3 Å². The summed E-state index contributed by atoms with van der Waals surface area (Å²) in [5.41, 5.74) is 2.79. The molecule has 0 aliphatic carbocycles. The van der Waals surface area contributed by atoms with E-state index in [9.17, 15) is 9.59 Å². The maximum Gasteiger partial charge on any atom is 0.412 e. The van der Waals surface area contributed by atoms with Gasteiger partial charge < -0.3 is 20.3 Å². The number of benzene rings is 2. The molecule has 4 aromatic rings. The maximum absolute atomic E-state index is 12.6. The summed E-state index contributed by atoms with van der Waals surface area (Å²) in [5.74, 6) is 0.729. The molecule has 3 N–H and O–H groups in total. The molecule has 0 atom stereocenters. The van der Waals surface area contributed by atoms with E-state index >= 15 is 0 Å². The van der Waals surface area contributed by atoms with Crippen molar-refractivity contribution < 1.29 is 14.3 Å². The first-order chi connectivity index (χ1) is 18.6. The topological polar surface area (TPSA) is 126 Å². The zero-order chi connectivity index (χ0) is 28.0. The fraction of sp³-hybridized carbons (Fsp3) is 0.250. The lowest BCUT2D eigenvalue weighted by Crippen LogP contribution is -2.28. The van der Waals surface area contributed by atoms with Crippen molar-refractivity contribution in [2.24, 2.45) is 7.05 Å². The van der Waals surface area contributed by atoms with Gasteiger partial charge in [-0.2, -0.15) is 10.1 Å². The fourth-order valence-corrected chi connectivity index (χ4v) is 3.70. The minimum Gasteiger partial charge on any atom is -0.444 e. The number of hydrogen-bond acceptors (Lipinski definition) is 8. The van der Waals surface area contributed by atoms with Crippen LogP contribution in [0.15, 0.2) is 73.2 Å². The van der Waals surface area contributed by atoms with Gasteiger partial charge in [0.15, 0.2) is 0 Å². The smallest absolute Gasteiger partial charge is 0.412 e. The number of aryl methyl sites for hydroxylation is 1. The van der Waals surface area contributed by atoms with E-state index in [1.54, 1.807) is 60.9 Å². The van der Waals surface area contributed by atoms with Crippen LogP contribution >= 0.6 is 0 Å². The van der Waals surface area contributed by atoms with Crippen molar-refractivity contribution in [3.05, 3.63) is 78.8 Å². The number of nitrogens with one attached hydrogen (secondary N) is 3. The number of carbonyl (C=O) groups is 2. The van der Waals surface area contributed by atoms with Gasteiger partial charge in [0.25, 0.3) is 0 Å². The van der Waals surface area contributed by atoms with Gasteiger partial charge in [0.1, 0.15) is 11.4 Å². The Morgan fingerprint density at radius 1 is 0.974 bits per heavy atom. The molecule has 202 valence electrons. The minimum absolute atomic E-state index is 0.117. The van der Waals surface area contributed by atoms with Crippen molar-refractivity contribution in [2.75, 3.05) is 20.9 Å². The summed E-state index contributed by atoms with van der Waals surface area (Å²) in [5, 5.41) is 13.4. The lowest BCUT2D eigenvalue weighted by molar-refractivity contribution is -0.116. The van der Waals surface area contributed by atoms with Crippen LogP contribution in [0.1, 0.15) is 33.3 Å². The largest absolute Gasteiger partial charge is 0.444 e. The standard InChI is InChI=1S/C28H32N8O3/c1-19(37)36(24-12-7-6-8-13-24)17-20-15-29-26(32-23-16-30-35(5)18-23)34-25(20)31-21-10-9-11-22(14-21)33-27(38)39-28(2,3)4/h6-16,18H,17H2,1-5H3,(H,33,38)(H2,29,31,32,34). The Balaban J connectivity index is 1.63.